The van der Waals surface area contributed by atoms with Crippen molar-refractivity contribution in [3.05, 3.63) is 94.2 Å². The van der Waals surface area contributed by atoms with Gasteiger partial charge in [0, 0.05) is 23.6 Å². The van der Waals surface area contributed by atoms with Gasteiger partial charge in [-0.2, -0.15) is 0 Å². The first-order valence-electron chi connectivity index (χ1n) is 10.7. The van der Waals surface area contributed by atoms with Gasteiger partial charge >= 0.3 is 0 Å². The number of rotatable bonds is 9. The van der Waals surface area contributed by atoms with Crippen LogP contribution in [0, 0.1) is 13.8 Å². The molecule has 0 saturated carbocycles. The predicted octanol–water partition coefficient (Wildman–Crippen LogP) is 7.02. The summed E-state index contributed by atoms with van der Waals surface area (Å²) in [6, 6.07) is 17.3. The van der Waals surface area contributed by atoms with Crippen LogP contribution in [0.2, 0.25) is 0 Å². The second kappa shape index (κ2) is 9.66. The Bertz CT molecular complexity index is 1080. The van der Waals surface area contributed by atoms with E-state index in [0.717, 1.165) is 37.2 Å². The Hall–Kier alpha value is -2.32. The van der Waals surface area contributed by atoms with Crippen LogP contribution in [0.3, 0.4) is 0 Å². The summed E-state index contributed by atoms with van der Waals surface area (Å²) in [4.78, 5) is 4.98. The minimum absolute atomic E-state index is 0.880. The van der Waals surface area contributed by atoms with Gasteiger partial charge in [-0.3, -0.25) is 4.99 Å². The fourth-order valence-electron chi connectivity index (χ4n) is 3.98. The van der Waals surface area contributed by atoms with Gasteiger partial charge in [0.25, 0.3) is 0 Å². The van der Waals surface area contributed by atoms with Gasteiger partial charge in [-0.1, -0.05) is 78.0 Å². The zero-order valence-corrected chi connectivity index (χ0v) is 19.7. The molecule has 0 amide bonds. The van der Waals surface area contributed by atoms with E-state index in [1.54, 1.807) is 0 Å². The van der Waals surface area contributed by atoms with Crippen LogP contribution in [0.25, 0.3) is 0 Å². The molecule has 1 nitrogen and oxygen atoms in total. The normalized spacial score (nSPS) is 14.2. The van der Waals surface area contributed by atoms with Gasteiger partial charge < -0.3 is 0 Å². The van der Waals surface area contributed by atoms with Gasteiger partial charge in [0.05, 0.1) is 5.71 Å². The van der Waals surface area contributed by atoms with Gasteiger partial charge in [0.2, 0.25) is 0 Å². The highest BCUT2D eigenvalue weighted by Crippen LogP contribution is 2.33. The summed E-state index contributed by atoms with van der Waals surface area (Å²) in [6.45, 7) is 10.9. The summed E-state index contributed by atoms with van der Waals surface area (Å²) < 4.78 is 0. The van der Waals surface area contributed by atoms with Crippen molar-refractivity contribution in [3.63, 3.8) is 0 Å². The van der Waals surface area contributed by atoms with E-state index in [1.165, 1.54) is 44.8 Å². The highest BCUT2D eigenvalue weighted by atomic mass is 32.2. The third-order valence-electron chi connectivity index (χ3n) is 5.77. The van der Waals surface area contributed by atoms with Crippen LogP contribution in [0.5, 0.6) is 0 Å². The van der Waals surface area contributed by atoms with Crippen molar-refractivity contribution >= 4 is 26.7 Å². The maximum absolute atomic E-state index is 4.98. The highest BCUT2D eigenvalue weighted by Gasteiger charge is 2.17. The fraction of sp³-hybridized carbons (Fsp3) is 0.321. The molecule has 2 aromatic carbocycles. The molecule has 2 heteroatoms. The quantitative estimate of drug-likeness (QED) is 0.307. The van der Waals surface area contributed by atoms with Gasteiger partial charge in [0.1, 0.15) is 0 Å². The zero-order valence-electron chi connectivity index (χ0n) is 18.8. The van der Waals surface area contributed by atoms with Gasteiger partial charge in [-0.15, -0.1) is 0 Å². The van der Waals surface area contributed by atoms with Crippen molar-refractivity contribution in [1.29, 1.82) is 0 Å². The van der Waals surface area contributed by atoms with Crippen LogP contribution in [0.4, 0.5) is 0 Å². The van der Waals surface area contributed by atoms with Crippen LogP contribution in [0.15, 0.2) is 76.9 Å². The molecule has 0 fully saturated rings. The van der Waals surface area contributed by atoms with Gasteiger partial charge in [-0.05, 0) is 62.3 Å². The lowest BCUT2D eigenvalue weighted by atomic mass is 10.0. The molecule has 30 heavy (non-hydrogen) atoms. The van der Waals surface area contributed by atoms with Crippen molar-refractivity contribution in [3.8, 4) is 0 Å². The lowest BCUT2D eigenvalue weighted by molar-refractivity contribution is 0.811. The van der Waals surface area contributed by atoms with Crippen molar-refractivity contribution in [2.24, 2.45) is 4.99 Å². The molecule has 1 aliphatic heterocycles. The molecule has 1 heterocycles. The molecule has 0 saturated heterocycles. The molecule has 0 N–H and O–H groups in total. The molecule has 0 spiro atoms. The number of allylic oxidation sites excluding steroid dienone is 1. The summed E-state index contributed by atoms with van der Waals surface area (Å²) >= 11 is 0. The lowest BCUT2D eigenvalue weighted by Gasteiger charge is -2.17. The standard InChI is InChI=1S/C28H35NS/c1-21-14-16-26(17-15-21)27-18-24(4)28(29-27)20-30(5,6)19-22(2)10-9-13-25-12-8-7-11-23(25)3/h7-8,11-12,14-17H,2,5-6,9-10,13,18-20H2,1,3-4H3. The summed E-state index contributed by atoms with van der Waals surface area (Å²) in [6.07, 6.45) is 4.22. The molecule has 0 atom stereocenters. The van der Waals surface area contributed by atoms with Crippen molar-refractivity contribution in [2.45, 2.75) is 46.5 Å². The molecule has 0 radical (unpaired) electrons. The van der Waals surface area contributed by atoms with Crippen LogP contribution in [0.1, 0.15) is 48.4 Å². The van der Waals surface area contributed by atoms with Gasteiger partial charge in [-0.25, -0.2) is 9.21 Å². The van der Waals surface area contributed by atoms with Crippen molar-refractivity contribution in [2.75, 3.05) is 11.5 Å². The largest absolute Gasteiger partial charge is 0.256 e. The van der Waals surface area contributed by atoms with Gasteiger partial charge in [0.15, 0.2) is 0 Å². The molecular formula is C28H35NS. The second-order valence-electron chi connectivity index (χ2n) is 8.87. The first-order chi connectivity index (χ1) is 14.2. The summed E-state index contributed by atoms with van der Waals surface area (Å²) in [5.74, 6) is 10.8. The molecule has 0 bridgehead atoms. The number of hydrogen-bond acceptors (Lipinski definition) is 1. The summed E-state index contributed by atoms with van der Waals surface area (Å²) in [5.41, 5.74) is 10.3. The maximum Gasteiger partial charge on any atom is 0.0520 e. The molecule has 3 rings (SSSR count). The van der Waals surface area contributed by atoms with E-state index in [0.29, 0.717) is 0 Å². The molecule has 2 aromatic rings. The molecular weight excluding hydrogens is 382 g/mol. The second-order valence-corrected chi connectivity index (χ2v) is 11.9. The van der Waals surface area contributed by atoms with Crippen LogP contribution >= 0.6 is 9.21 Å². The molecule has 0 unspecified atom stereocenters. The smallest absolute Gasteiger partial charge is 0.0520 e. The predicted molar refractivity (Wildman–Crippen MR) is 140 cm³/mol. The van der Waals surface area contributed by atoms with E-state index in [-0.39, 0.29) is 0 Å². The number of hydrogen-bond donors (Lipinski definition) is 0. The summed E-state index contributed by atoms with van der Waals surface area (Å²) in [7, 11) is -1.28. The first-order valence-corrected chi connectivity index (χ1v) is 13.0. The molecule has 0 aliphatic carbocycles. The Balaban J connectivity index is 1.55. The monoisotopic (exact) mass is 417 g/mol. The van der Waals surface area contributed by atoms with E-state index in [9.17, 15) is 0 Å². The average molecular weight is 418 g/mol. The number of aryl methyl sites for hydroxylation is 3. The number of aliphatic imine (C=N–C) groups is 1. The molecule has 158 valence electrons. The Morgan fingerprint density at radius 1 is 1.00 bits per heavy atom. The Morgan fingerprint density at radius 3 is 2.40 bits per heavy atom. The Labute approximate surface area is 183 Å². The number of benzene rings is 2. The third-order valence-corrected chi connectivity index (χ3v) is 7.68. The van der Waals surface area contributed by atoms with Crippen molar-refractivity contribution in [1.82, 2.24) is 0 Å². The lowest BCUT2D eigenvalue weighted by Crippen LogP contribution is -2.00. The van der Waals surface area contributed by atoms with Crippen LogP contribution in [-0.2, 0) is 6.42 Å². The Morgan fingerprint density at radius 2 is 1.70 bits per heavy atom. The first kappa shape index (κ1) is 22.4. The van der Waals surface area contributed by atoms with E-state index in [1.807, 2.05) is 0 Å². The SMILES string of the molecule is C=C(CCCc1ccccc1C)CS(=C)(=C)CC1=C(C)CC(c2ccc(C)cc2)=N1. The topological polar surface area (TPSA) is 12.4 Å². The van der Waals surface area contributed by atoms with Crippen molar-refractivity contribution < 1.29 is 0 Å². The van der Waals surface area contributed by atoms with E-state index in [2.05, 4.69) is 87.6 Å². The maximum atomic E-state index is 4.98. The minimum atomic E-state index is -1.28. The fourth-order valence-corrected chi connectivity index (χ4v) is 5.99. The van der Waals surface area contributed by atoms with E-state index < -0.39 is 9.21 Å². The van der Waals surface area contributed by atoms with Crippen LogP contribution in [-0.4, -0.2) is 29.0 Å². The van der Waals surface area contributed by atoms with Crippen LogP contribution < -0.4 is 0 Å². The Kier molecular flexibility index (Phi) is 7.20. The molecule has 1 aliphatic rings. The third kappa shape index (κ3) is 6.09. The highest BCUT2D eigenvalue weighted by molar-refractivity contribution is 8.28. The number of nitrogens with zero attached hydrogens (tertiary/aromatic N) is 1. The average Bonchev–Trinajstić information content (AvgIpc) is 3.03. The molecule has 0 aromatic heterocycles. The van der Waals surface area contributed by atoms with E-state index >= 15 is 0 Å². The van der Waals surface area contributed by atoms with E-state index in [4.69, 9.17) is 4.99 Å². The zero-order chi connectivity index (χ0) is 21.7. The summed E-state index contributed by atoms with van der Waals surface area (Å²) in [5, 5.41) is 0. The minimum Gasteiger partial charge on any atom is -0.256 e.